The molecule has 0 saturated carbocycles. The Balaban J connectivity index is 1.77. The smallest absolute Gasteiger partial charge is 0.0547 e. The lowest BCUT2D eigenvalue weighted by Gasteiger charge is -2.38. The zero-order chi connectivity index (χ0) is 36.2. The van der Waals surface area contributed by atoms with Gasteiger partial charge < -0.3 is 4.57 Å². The number of benzene rings is 5. The van der Waals surface area contributed by atoms with E-state index in [9.17, 15) is 0 Å². The lowest BCUT2D eigenvalue weighted by atomic mass is 9.66. The number of nitrogens with zero attached hydrogens (tertiary/aromatic N) is 1. The topological polar surface area (TPSA) is 4.93 Å². The van der Waals surface area contributed by atoms with Crippen molar-refractivity contribution >= 4 is 21.8 Å². The molecule has 1 heterocycles. The molecule has 1 heteroatoms. The summed E-state index contributed by atoms with van der Waals surface area (Å²) >= 11 is 0. The first-order valence-corrected chi connectivity index (χ1v) is 18.7. The molecule has 0 radical (unpaired) electrons. The van der Waals surface area contributed by atoms with E-state index in [1.165, 1.54) is 77.6 Å². The van der Waals surface area contributed by atoms with E-state index in [2.05, 4.69) is 192 Å². The van der Waals surface area contributed by atoms with Crippen molar-refractivity contribution in [3.8, 4) is 27.9 Å². The van der Waals surface area contributed by atoms with Crippen LogP contribution in [-0.4, -0.2) is 4.57 Å². The zero-order valence-corrected chi connectivity index (χ0v) is 32.9. The van der Waals surface area contributed by atoms with Crippen LogP contribution in [0.5, 0.6) is 0 Å². The molecule has 258 valence electrons. The minimum atomic E-state index is -0.122. The number of rotatable bonds is 1. The van der Waals surface area contributed by atoms with Crippen LogP contribution in [0.4, 0.5) is 0 Å². The lowest BCUT2D eigenvalue weighted by Crippen LogP contribution is -2.31. The molecule has 0 aliphatic heterocycles. The van der Waals surface area contributed by atoms with Crippen LogP contribution in [0.1, 0.15) is 124 Å². The van der Waals surface area contributed by atoms with Crippen molar-refractivity contribution in [1.29, 1.82) is 0 Å². The fraction of sp³-hybridized carbons (Fsp3) is 0.388. The summed E-state index contributed by atoms with van der Waals surface area (Å²) in [4.78, 5) is 0. The third-order valence-corrected chi connectivity index (χ3v) is 11.4. The van der Waals surface area contributed by atoms with Crippen LogP contribution in [0.25, 0.3) is 49.7 Å². The molecule has 50 heavy (non-hydrogen) atoms. The summed E-state index contributed by atoms with van der Waals surface area (Å²) in [7, 11) is 0. The molecule has 0 saturated heterocycles. The summed E-state index contributed by atoms with van der Waals surface area (Å²) in [6.45, 7) is 31.2. The number of aromatic nitrogens is 1. The van der Waals surface area contributed by atoms with Gasteiger partial charge >= 0.3 is 0 Å². The average molecular weight is 660 g/mol. The monoisotopic (exact) mass is 659 g/mol. The molecule has 0 atom stereocenters. The molecule has 5 aromatic carbocycles. The van der Waals surface area contributed by atoms with Crippen molar-refractivity contribution in [2.24, 2.45) is 0 Å². The van der Waals surface area contributed by atoms with E-state index in [-0.39, 0.29) is 27.1 Å². The Morgan fingerprint density at radius 3 is 1.52 bits per heavy atom. The van der Waals surface area contributed by atoms with Gasteiger partial charge in [-0.3, -0.25) is 0 Å². The van der Waals surface area contributed by atoms with Crippen molar-refractivity contribution in [2.45, 2.75) is 124 Å². The maximum absolute atomic E-state index is 2.53. The molecule has 0 unspecified atom stereocenters. The summed E-state index contributed by atoms with van der Waals surface area (Å²) in [5.41, 5.74) is 15.8. The Morgan fingerprint density at radius 2 is 1.00 bits per heavy atom. The van der Waals surface area contributed by atoms with Crippen molar-refractivity contribution in [3.05, 3.63) is 125 Å². The van der Waals surface area contributed by atoms with Gasteiger partial charge in [0.25, 0.3) is 0 Å². The Bertz CT molecular complexity index is 2270. The zero-order valence-electron chi connectivity index (χ0n) is 32.9. The van der Waals surface area contributed by atoms with Gasteiger partial charge in [0.2, 0.25) is 0 Å². The Morgan fingerprint density at radius 1 is 0.480 bits per heavy atom. The van der Waals surface area contributed by atoms with Gasteiger partial charge in [-0.1, -0.05) is 163 Å². The molecule has 0 spiro atoms. The van der Waals surface area contributed by atoms with Crippen LogP contribution in [-0.2, 0) is 27.1 Å². The van der Waals surface area contributed by atoms with Crippen molar-refractivity contribution in [3.63, 3.8) is 0 Å². The first-order chi connectivity index (χ1) is 23.2. The molecule has 0 N–H and O–H groups in total. The Labute approximate surface area is 301 Å². The molecule has 1 aromatic heterocycles. The molecule has 1 aliphatic rings. The highest BCUT2D eigenvalue weighted by Crippen LogP contribution is 2.50. The molecule has 0 fully saturated rings. The van der Waals surface area contributed by atoms with Crippen molar-refractivity contribution in [2.75, 3.05) is 0 Å². The maximum Gasteiger partial charge on any atom is 0.0547 e. The Kier molecular flexibility index (Phi) is 7.69. The van der Waals surface area contributed by atoms with Gasteiger partial charge in [-0.2, -0.15) is 0 Å². The maximum atomic E-state index is 2.53. The second-order valence-electron chi connectivity index (χ2n) is 19.5. The van der Waals surface area contributed by atoms with Crippen LogP contribution in [0, 0.1) is 0 Å². The number of fused-ring (bicyclic) bond motifs is 7. The molecule has 7 rings (SSSR count). The SMILES string of the molecule is CC(C)(C)c1cc2cc(c1)C(C)(C)CC(C)(C)c1cc(cc(C(C)(C)C)c1)-c1cccc3c1c1c(C(C)(C)C)c-2ccc1n3-c1ccccc1. The second kappa shape index (κ2) is 11.2. The number of para-hydroxylation sites is 1. The summed E-state index contributed by atoms with van der Waals surface area (Å²) in [5.74, 6) is 0. The van der Waals surface area contributed by atoms with E-state index in [0.29, 0.717) is 0 Å². The predicted molar refractivity (Wildman–Crippen MR) is 218 cm³/mol. The Hall–Kier alpha value is -4.10. The van der Waals surface area contributed by atoms with Gasteiger partial charge in [0, 0.05) is 16.5 Å². The van der Waals surface area contributed by atoms with Crippen LogP contribution < -0.4 is 0 Å². The minimum Gasteiger partial charge on any atom is -0.309 e. The van der Waals surface area contributed by atoms with Crippen LogP contribution in [0.15, 0.2) is 97.1 Å². The first-order valence-electron chi connectivity index (χ1n) is 18.7. The molecule has 1 nitrogen and oxygen atoms in total. The molecule has 6 bridgehead atoms. The van der Waals surface area contributed by atoms with Gasteiger partial charge in [-0.25, -0.2) is 0 Å². The van der Waals surface area contributed by atoms with Gasteiger partial charge in [-0.15, -0.1) is 0 Å². The largest absolute Gasteiger partial charge is 0.309 e. The summed E-state index contributed by atoms with van der Waals surface area (Å²) in [5, 5.41) is 2.71. The highest BCUT2D eigenvalue weighted by atomic mass is 15.0. The van der Waals surface area contributed by atoms with E-state index in [0.717, 1.165) is 6.42 Å². The second-order valence-corrected chi connectivity index (χ2v) is 19.5. The normalized spacial score (nSPS) is 15.9. The predicted octanol–water partition coefficient (Wildman–Crippen LogP) is 14.0. The first kappa shape index (κ1) is 34.4. The molecule has 0 amide bonds. The quantitative estimate of drug-likeness (QED) is 0.166. The number of hydrogen-bond acceptors (Lipinski definition) is 0. The summed E-state index contributed by atoms with van der Waals surface area (Å²) < 4.78 is 2.50. The van der Waals surface area contributed by atoms with Gasteiger partial charge in [-0.05, 0) is 108 Å². The average Bonchev–Trinajstić information content (AvgIpc) is 3.36. The van der Waals surface area contributed by atoms with E-state index in [1.807, 2.05) is 0 Å². The fourth-order valence-electron chi connectivity index (χ4n) is 8.79. The van der Waals surface area contributed by atoms with Crippen LogP contribution in [0.2, 0.25) is 0 Å². The standard InChI is InChI=1S/C49H57N/c1-45(2,3)33-24-31-26-35(28-33)48(10,11)30-49(12,13)36-27-32(25-34(29-36)46(4,5)6)39-22-23-41-43(44(39)47(7,8)9)42-38(31)20-17-21-40(42)50(41)37-18-15-14-16-19-37/h14-29H,30H2,1-13H3. The van der Waals surface area contributed by atoms with Crippen LogP contribution in [0.3, 0.4) is 0 Å². The molecular weight excluding hydrogens is 603 g/mol. The number of hydrogen-bond donors (Lipinski definition) is 0. The van der Waals surface area contributed by atoms with Gasteiger partial charge in [0.15, 0.2) is 0 Å². The van der Waals surface area contributed by atoms with Crippen molar-refractivity contribution in [1.82, 2.24) is 4.57 Å². The minimum absolute atomic E-state index is 0.00735. The summed E-state index contributed by atoms with van der Waals surface area (Å²) in [6, 6.07) is 37.8. The van der Waals surface area contributed by atoms with E-state index >= 15 is 0 Å². The molecule has 1 aliphatic carbocycles. The third kappa shape index (κ3) is 5.71. The van der Waals surface area contributed by atoms with Gasteiger partial charge in [0.05, 0.1) is 11.0 Å². The lowest BCUT2D eigenvalue weighted by molar-refractivity contribution is 0.348. The molecular formula is C49H57N. The third-order valence-electron chi connectivity index (χ3n) is 11.4. The molecule has 6 aromatic rings. The van der Waals surface area contributed by atoms with E-state index in [1.54, 1.807) is 0 Å². The highest BCUT2D eigenvalue weighted by Gasteiger charge is 2.35. The van der Waals surface area contributed by atoms with Crippen LogP contribution >= 0.6 is 0 Å². The van der Waals surface area contributed by atoms with E-state index in [4.69, 9.17) is 0 Å². The summed E-state index contributed by atoms with van der Waals surface area (Å²) in [6.07, 6.45) is 1.03. The fourth-order valence-corrected chi connectivity index (χ4v) is 8.79. The van der Waals surface area contributed by atoms with Crippen molar-refractivity contribution < 1.29 is 0 Å². The van der Waals surface area contributed by atoms with E-state index < -0.39 is 0 Å². The highest BCUT2D eigenvalue weighted by molar-refractivity contribution is 6.18. The van der Waals surface area contributed by atoms with Gasteiger partial charge in [0.1, 0.15) is 0 Å².